The first-order valence-electron chi connectivity index (χ1n) is 8.75. The Hall–Kier alpha value is -3.28. The fourth-order valence-corrected chi connectivity index (χ4v) is 3.23. The average molecular weight is 407 g/mol. The molecule has 0 unspecified atom stereocenters. The number of carbonyl (C=O) groups excluding carboxylic acids is 3. The summed E-state index contributed by atoms with van der Waals surface area (Å²) >= 11 is 0. The summed E-state index contributed by atoms with van der Waals surface area (Å²) in [5.41, 5.74) is 0.765. The number of fused-ring (bicyclic) bond motifs is 1. The van der Waals surface area contributed by atoms with Gasteiger partial charge in [-0.15, -0.1) is 0 Å². The first-order chi connectivity index (χ1) is 13.7. The number of nitrogens with zero attached hydrogens (tertiary/aromatic N) is 4. The molecule has 12 heteroatoms. The minimum Gasteiger partial charge on any atom is -0.463 e. The van der Waals surface area contributed by atoms with E-state index < -0.39 is 42.4 Å². The van der Waals surface area contributed by atoms with Crippen molar-refractivity contribution in [2.75, 3.05) is 6.61 Å². The monoisotopic (exact) mass is 407 g/mol. The summed E-state index contributed by atoms with van der Waals surface area (Å²) in [5, 5.41) is 7.94. The lowest BCUT2D eigenvalue weighted by molar-refractivity contribution is -0.166. The Morgan fingerprint density at radius 1 is 1.07 bits per heavy atom. The molecule has 1 aliphatic heterocycles. The predicted octanol–water partition coefficient (Wildman–Crippen LogP) is -0.427. The van der Waals surface area contributed by atoms with Crippen molar-refractivity contribution in [1.29, 1.82) is 5.41 Å². The van der Waals surface area contributed by atoms with Crippen LogP contribution >= 0.6 is 0 Å². The largest absolute Gasteiger partial charge is 0.463 e. The number of aromatic nitrogens is 4. The molecule has 12 nitrogen and oxygen atoms in total. The van der Waals surface area contributed by atoms with Gasteiger partial charge in [0.05, 0.1) is 12.7 Å². The lowest BCUT2D eigenvalue weighted by atomic mass is 10.1. The molecule has 156 valence electrons. The van der Waals surface area contributed by atoms with Crippen LogP contribution in [0.4, 0.5) is 0 Å². The molecule has 2 aromatic rings. The lowest BCUT2D eigenvalue weighted by Crippen LogP contribution is -2.40. The van der Waals surface area contributed by atoms with E-state index in [9.17, 15) is 14.4 Å². The number of ether oxygens (including phenoxy) is 4. The van der Waals surface area contributed by atoms with E-state index in [1.165, 1.54) is 33.4 Å². The van der Waals surface area contributed by atoms with Gasteiger partial charge >= 0.3 is 17.9 Å². The summed E-state index contributed by atoms with van der Waals surface area (Å²) in [6, 6.07) is 0. The van der Waals surface area contributed by atoms with Gasteiger partial charge in [0, 0.05) is 27.8 Å². The summed E-state index contributed by atoms with van der Waals surface area (Å²) in [6.07, 6.45) is -1.00. The molecule has 0 radical (unpaired) electrons. The normalized spacial score (nSPS) is 23.7. The quantitative estimate of drug-likeness (QED) is 0.515. The summed E-state index contributed by atoms with van der Waals surface area (Å²) in [6.45, 7) is 3.47. The van der Waals surface area contributed by atoms with Gasteiger partial charge in [0.1, 0.15) is 23.9 Å². The molecule has 1 saturated heterocycles. The standard InChI is InChI=1S/C17H21N5O7/c1-8(23)26-5-11-13(27-9(2)24)14(28-10(3)25)17(29-11)22-7-19-12-15(18)20-6-21(4)16(12)22/h6-7,11,13-14,17-18H,5H2,1-4H3/t11-,13-,14-,17-/m1/s1. The van der Waals surface area contributed by atoms with Crippen molar-refractivity contribution in [3.63, 3.8) is 0 Å². The third-order valence-corrected chi connectivity index (χ3v) is 4.30. The van der Waals surface area contributed by atoms with Gasteiger partial charge in [0.25, 0.3) is 0 Å². The summed E-state index contributed by atoms with van der Waals surface area (Å²) in [5.74, 6) is -1.75. The molecule has 1 aliphatic rings. The first-order valence-corrected chi connectivity index (χ1v) is 8.75. The van der Waals surface area contributed by atoms with Crippen molar-refractivity contribution in [2.24, 2.45) is 7.05 Å². The van der Waals surface area contributed by atoms with Crippen molar-refractivity contribution < 1.29 is 33.3 Å². The van der Waals surface area contributed by atoms with Crippen LogP contribution in [0.3, 0.4) is 0 Å². The van der Waals surface area contributed by atoms with Crippen molar-refractivity contribution >= 4 is 29.1 Å². The highest BCUT2D eigenvalue weighted by Gasteiger charge is 2.51. The molecule has 0 bridgehead atoms. The van der Waals surface area contributed by atoms with E-state index >= 15 is 0 Å². The Labute approximate surface area is 164 Å². The number of carbonyl (C=O) groups is 3. The van der Waals surface area contributed by atoms with E-state index in [1.807, 2.05) is 0 Å². The Balaban J connectivity index is 2.07. The van der Waals surface area contributed by atoms with Crippen LogP contribution in [0.2, 0.25) is 0 Å². The Morgan fingerprint density at radius 3 is 2.34 bits per heavy atom. The highest BCUT2D eigenvalue weighted by molar-refractivity contribution is 5.70. The maximum atomic E-state index is 11.7. The Kier molecular flexibility index (Phi) is 5.64. The fourth-order valence-electron chi connectivity index (χ4n) is 3.23. The molecule has 0 spiro atoms. The summed E-state index contributed by atoms with van der Waals surface area (Å²) in [4.78, 5) is 42.7. The van der Waals surface area contributed by atoms with Gasteiger partial charge in [0.2, 0.25) is 0 Å². The minimum atomic E-state index is -1.03. The van der Waals surface area contributed by atoms with E-state index in [-0.39, 0.29) is 12.1 Å². The van der Waals surface area contributed by atoms with Crippen LogP contribution in [-0.4, -0.2) is 61.9 Å². The smallest absolute Gasteiger partial charge is 0.303 e. The number of hydrogen-bond donors (Lipinski definition) is 1. The van der Waals surface area contributed by atoms with Crippen LogP contribution in [-0.2, 0) is 40.4 Å². The molecular weight excluding hydrogens is 386 g/mol. The number of esters is 3. The van der Waals surface area contributed by atoms with Gasteiger partial charge in [-0.05, 0) is 0 Å². The van der Waals surface area contributed by atoms with Crippen LogP contribution in [0, 0.1) is 5.41 Å². The van der Waals surface area contributed by atoms with Crippen molar-refractivity contribution in [3.05, 3.63) is 18.1 Å². The third kappa shape index (κ3) is 4.11. The molecular formula is C17H21N5O7. The number of imidazole rings is 1. The zero-order chi connectivity index (χ0) is 21.3. The number of rotatable bonds is 5. The van der Waals surface area contributed by atoms with E-state index in [1.54, 1.807) is 16.2 Å². The maximum absolute atomic E-state index is 11.7. The predicted molar refractivity (Wildman–Crippen MR) is 94.0 cm³/mol. The second kappa shape index (κ2) is 7.99. The van der Waals surface area contributed by atoms with Gasteiger partial charge in [0.15, 0.2) is 23.9 Å². The van der Waals surface area contributed by atoms with Gasteiger partial charge in [-0.1, -0.05) is 0 Å². The minimum absolute atomic E-state index is 0.0353. The van der Waals surface area contributed by atoms with Crippen LogP contribution in [0.15, 0.2) is 12.7 Å². The maximum Gasteiger partial charge on any atom is 0.303 e. The molecule has 0 aliphatic carbocycles. The van der Waals surface area contributed by atoms with Gasteiger partial charge in [-0.2, -0.15) is 0 Å². The molecule has 1 N–H and O–H groups in total. The van der Waals surface area contributed by atoms with Crippen LogP contribution < -0.4 is 5.49 Å². The Bertz CT molecular complexity index is 1010. The van der Waals surface area contributed by atoms with Crippen LogP contribution in [0.25, 0.3) is 11.2 Å². The van der Waals surface area contributed by atoms with E-state index in [2.05, 4.69) is 9.97 Å². The fraction of sp³-hybridized carbons (Fsp3) is 0.529. The molecule has 0 saturated carbocycles. The van der Waals surface area contributed by atoms with Crippen LogP contribution in [0.1, 0.15) is 27.0 Å². The molecule has 29 heavy (non-hydrogen) atoms. The zero-order valence-electron chi connectivity index (χ0n) is 16.3. The first kappa shape index (κ1) is 20.5. The number of nitrogens with one attached hydrogen (secondary N) is 1. The highest BCUT2D eigenvalue weighted by Crippen LogP contribution is 2.35. The second-order valence-corrected chi connectivity index (χ2v) is 6.54. The molecule has 0 aromatic carbocycles. The third-order valence-electron chi connectivity index (χ3n) is 4.30. The number of aryl methyl sites for hydroxylation is 1. The van der Waals surface area contributed by atoms with Crippen molar-refractivity contribution in [3.8, 4) is 0 Å². The number of hydrogen-bond acceptors (Lipinski definition) is 10. The van der Waals surface area contributed by atoms with Gasteiger partial charge < -0.3 is 23.5 Å². The van der Waals surface area contributed by atoms with E-state index in [4.69, 9.17) is 24.4 Å². The van der Waals surface area contributed by atoms with E-state index in [0.717, 1.165) is 0 Å². The van der Waals surface area contributed by atoms with Gasteiger partial charge in [-0.25, -0.2) is 9.97 Å². The highest BCUT2D eigenvalue weighted by atomic mass is 16.7. The van der Waals surface area contributed by atoms with Crippen LogP contribution in [0.5, 0.6) is 0 Å². The summed E-state index contributed by atoms with van der Waals surface area (Å²) < 4.78 is 25.0. The van der Waals surface area contributed by atoms with Crippen molar-refractivity contribution in [2.45, 2.75) is 45.3 Å². The van der Waals surface area contributed by atoms with Gasteiger partial charge in [-0.3, -0.25) is 24.4 Å². The SMILES string of the molecule is CC(=O)OC[C@H]1O[C@@H](n2cnc3c(=N)ncn(C)c32)[C@H](OC(C)=O)[C@@H]1OC(C)=O. The molecule has 0 amide bonds. The topological polar surface area (TPSA) is 148 Å². The second-order valence-electron chi connectivity index (χ2n) is 6.54. The van der Waals surface area contributed by atoms with Crippen molar-refractivity contribution in [1.82, 2.24) is 19.1 Å². The molecule has 3 rings (SSSR count). The molecule has 3 heterocycles. The Morgan fingerprint density at radius 2 is 1.72 bits per heavy atom. The molecule has 4 atom stereocenters. The lowest BCUT2D eigenvalue weighted by Gasteiger charge is -2.24. The van der Waals surface area contributed by atoms with E-state index in [0.29, 0.717) is 11.2 Å². The zero-order valence-corrected chi connectivity index (χ0v) is 16.3. The molecule has 1 fully saturated rings. The average Bonchev–Trinajstić information content (AvgIpc) is 3.19. The molecule has 2 aromatic heterocycles. The summed E-state index contributed by atoms with van der Waals surface area (Å²) in [7, 11) is 1.71.